The number of aryl methyl sites for hydroxylation is 2. The maximum Gasteiger partial charge on any atom is 0.455 e. The predicted octanol–water partition coefficient (Wildman–Crippen LogP) is 6.97. The molecule has 0 radical (unpaired) electrons. The maximum absolute atomic E-state index is 15.5. The number of nitrogens with zero attached hydrogens (tertiary/aromatic N) is 2. The Morgan fingerprint density at radius 3 is 2.12 bits per heavy atom. The van der Waals surface area contributed by atoms with Crippen molar-refractivity contribution in [2.45, 2.75) is 37.1 Å². The zero-order valence-electron chi connectivity index (χ0n) is 21.7. The van der Waals surface area contributed by atoms with Gasteiger partial charge in [-0.1, -0.05) is 67.1 Å². The van der Waals surface area contributed by atoms with Gasteiger partial charge in [-0.3, -0.25) is 4.72 Å². The first-order valence-electron chi connectivity index (χ1n) is 12.5. The van der Waals surface area contributed by atoms with Crippen LogP contribution >= 0.6 is 0 Å². The Bertz CT molecular complexity index is 1640. The van der Waals surface area contributed by atoms with E-state index in [1.54, 1.807) is 80.6 Å². The van der Waals surface area contributed by atoms with Crippen molar-refractivity contribution >= 4 is 27.3 Å². The Morgan fingerprint density at radius 1 is 0.900 bits per heavy atom. The van der Waals surface area contributed by atoms with Crippen LogP contribution in [0.3, 0.4) is 0 Å². The maximum atomic E-state index is 15.5. The Balaban J connectivity index is 1.74. The number of anilines is 2. The molecule has 1 aliphatic heterocycles. The molecule has 4 aromatic carbocycles. The number of halogens is 3. The lowest BCUT2D eigenvalue weighted by molar-refractivity contribution is -0.253. The fraction of sp³-hybridized carbons (Fsp3) is 0.167. The van der Waals surface area contributed by atoms with Crippen molar-refractivity contribution in [3.05, 3.63) is 125 Å². The molecule has 6 nitrogen and oxygen atoms in total. The third kappa shape index (κ3) is 4.90. The van der Waals surface area contributed by atoms with Gasteiger partial charge in [0.05, 0.1) is 21.8 Å². The summed E-state index contributed by atoms with van der Waals surface area (Å²) in [6.07, 6.45) is -4.66. The topological polar surface area (TPSA) is 71.0 Å². The van der Waals surface area contributed by atoms with Gasteiger partial charge in [0.25, 0.3) is 10.0 Å². The molecule has 0 aliphatic carbocycles. The van der Waals surface area contributed by atoms with Crippen LogP contribution in [0.5, 0.6) is 0 Å². The van der Waals surface area contributed by atoms with Gasteiger partial charge < -0.3 is 4.74 Å². The van der Waals surface area contributed by atoms with Gasteiger partial charge in [0, 0.05) is 5.56 Å². The monoisotopic (exact) mass is 565 g/mol. The van der Waals surface area contributed by atoms with E-state index in [2.05, 4.69) is 9.82 Å². The van der Waals surface area contributed by atoms with E-state index >= 15 is 13.2 Å². The molecule has 1 unspecified atom stereocenters. The third-order valence-corrected chi connectivity index (χ3v) is 7.95. The molecule has 0 amide bonds. The number of ether oxygens (including phenoxy) is 1. The van der Waals surface area contributed by atoms with E-state index < -0.39 is 27.5 Å². The summed E-state index contributed by atoms with van der Waals surface area (Å²) in [4.78, 5) is -0.0850. The minimum absolute atomic E-state index is 0.0850. The van der Waals surface area contributed by atoms with Crippen molar-refractivity contribution in [2.75, 3.05) is 9.73 Å². The highest BCUT2D eigenvalue weighted by Crippen LogP contribution is 2.52. The second-order valence-electron chi connectivity index (χ2n) is 9.31. The van der Waals surface area contributed by atoms with E-state index in [0.29, 0.717) is 17.5 Å². The lowest BCUT2D eigenvalue weighted by Gasteiger charge is -2.38. The molecular formula is C30H26F3N3O3S. The summed E-state index contributed by atoms with van der Waals surface area (Å²) in [7, 11) is -4.25. The van der Waals surface area contributed by atoms with Crippen molar-refractivity contribution in [3.8, 4) is 0 Å². The van der Waals surface area contributed by atoms with E-state index in [-0.39, 0.29) is 22.2 Å². The van der Waals surface area contributed by atoms with Crippen LogP contribution < -0.4 is 9.73 Å². The van der Waals surface area contributed by atoms with Gasteiger partial charge in [-0.05, 0) is 67.4 Å². The summed E-state index contributed by atoms with van der Waals surface area (Å²) < 4.78 is 81.5. The summed E-state index contributed by atoms with van der Waals surface area (Å²) in [6, 6.07) is 26.4. The molecule has 206 valence electrons. The molecule has 40 heavy (non-hydrogen) atoms. The molecule has 1 atom stereocenters. The predicted molar refractivity (Wildman–Crippen MR) is 149 cm³/mol. The van der Waals surface area contributed by atoms with E-state index in [1.165, 1.54) is 36.4 Å². The summed E-state index contributed by atoms with van der Waals surface area (Å²) in [6.45, 7) is 3.60. The highest BCUT2D eigenvalue weighted by Gasteiger charge is 2.68. The quantitative estimate of drug-likeness (QED) is 0.263. The highest BCUT2D eigenvalue weighted by molar-refractivity contribution is 7.92. The lowest BCUT2D eigenvalue weighted by atomic mass is 9.95. The Morgan fingerprint density at radius 2 is 1.52 bits per heavy atom. The number of sulfonamides is 1. The van der Waals surface area contributed by atoms with Gasteiger partial charge in [0.15, 0.2) is 0 Å². The second-order valence-corrected chi connectivity index (χ2v) is 11.0. The molecule has 1 heterocycles. The second kappa shape index (κ2) is 10.3. The number of para-hydroxylation sites is 1. The summed E-state index contributed by atoms with van der Waals surface area (Å²) in [5.41, 5.74) is -2.05. The minimum atomic E-state index is -5.07. The molecule has 0 saturated heterocycles. The van der Waals surface area contributed by atoms with E-state index in [9.17, 15) is 8.42 Å². The largest absolute Gasteiger partial charge is 0.455 e. The van der Waals surface area contributed by atoms with Crippen molar-refractivity contribution in [1.29, 1.82) is 0 Å². The van der Waals surface area contributed by atoms with Crippen molar-refractivity contribution in [3.63, 3.8) is 0 Å². The number of hydrogen-bond donors (Lipinski definition) is 1. The standard InChI is InChI=1S/C30H26F3N3O3S/c1-3-22-16-19-27(35-40(37,38)25-17-14-21(2)15-18-25)26(20-22)29(30(31,32)33)36(24-12-8-5-9-13-24)34-28(39-29)23-10-6-4-7-11-23/h4-20,35H,3H2,1-2H3. The number of hydrogen-bond acceptors (Lipinski definition) is 5. The average molecular weight is 566 g/mol. The van der Waals surface area contributed by atoms with E-state index in [4.69, 9.17) is 4.74 Å². The Hall–Kier alpha value is -4.31. The molecule has 0 aromatic heterocycles. The fourth-order valence-electron chi connectivity index (χ4n) is 4.47. The van der Waals surface area contributed by atoms with Crippen LogP contribution in [0.4, 0.5) is 24.5 Å². The van der Waals surface area contributed by atoms with E-state index in [1.807, 2.05) is 0 Å². The van der Waals surface area contributed by atoms with Crippen molar-refractivity contribution in [2.24, 2.45) is 5.10 Å². The number of nitrogens with one attached hydrogen (secondary N) is 1. The van der Waals surface area contributed by atoms with E-state index in [0.717, 1.165) is 10.6 Å². The first kappa shape index (κ1) is 27.3. The first-order valence-corrected chi connectivity index (χ1v) is 14.0. The molecule has 1 aliphatic rings. The highest BCUT2D eigenvalue weighted by atomic mass is 32.2. The van der Waals surface area contributed by atoms with Crippen LogP contribution in [0.1, 0.15) is 29.2 Å². The van der Waals surface area contributed by atoms with Gasteiger partial charge in [0.1, 0.15) is 0 Å². The Labute approximate surface area is 230 Å². The molecule has 5 rings (SSSR count). The van der Waals surface area contributed by atoms with Gasteiger partial charge in [-0.2, -0.15) is 13.2 Å². The summed E-state index contributed by atoms with van der Waals surface area (Å²) in [5.74, 6) is -0.254. The number of alkyl halides is 3. The molecule has 0 spiro atoms. The Kier molecular flexibility index (Phi) is 7.05. The first-order chi connectivity index (χ1) is 19.0. The molecule has 4 aromatic rings. The number of hydrazone groups is 1. The van der Waals surface area contributed by atoms with Crippen LogP contribution in [0.25, 0.3) is 0 Å². The lowest BCUT2D eigenvalue weighted by Crippen LogP contribution is -2.54. The van der Waals surface area contributed by atoms with Crippen LogP contribution in [-0.4, -0.2) is 20.5 Å². The fourth-order valence-corrected chi connectivity index (χ4v) is 5.55. The van der Waals surface area contributed by atoms with Crippen LogP contribution in [0, 0.1) is 6.92 Å². The van der Waals surface area contributed by atoms with Crippen molar-refractivity contribution < 1.29 is 26.3 Å². The zero-order chi connectivity index (χ0) is 28.5. The van der Waals surface area contributed by atoms with Gasteiger partial charge in [-0.15, -0.1) is 5.10 Å². The molecular weight excluding hydrogens is 539 g/mol. The molecule has 0 saturated carbocycles. The molecule has 0 fully saturated rings. The molecule has 10 heteroatoms. The van der Waals surface area contributed by atoms with Crippen molar-refractivity contribution in [1.82, 2.24) is 0 Å². The van der Waals surface area contributed by atoms with Gasteiger partial charge >= 0.3 is 11.9 Å². The van der Waals surface area contributed by atoms with Crippen LogP contribution in [-0.2, 0) is 26.9 Å². The van der Waals surface area contributed by atoms with Gasteiger partial charge in [-0.25, -0.2) is 13.4 Å². The zero-order valence-corrected chi connectivity index (χ0v) is 22.5. The molecule has 1 N–H and O–H groups in total. The minimum Gasteiger partial charge on any atom is -0.433 e. The van der Waals surface area contributed by atoms with Crippen LogP contribution in [0.15, 0.2) is 113 Å². The number of benzene rings is 4. The number of rotatable bonds is 7. The summed E-state index contributed by atoms with van der Waals surface area (Å²) >= 11 is 0. The molecule has 0 bridgehead atoms. The smallest absolute Gasteiger partial charge is 0.433 e. The van der Waals surface area contributed by atoms with Gasteiger partial charge in [0.2, 0.25) is 5.90 Å². The SMILES string of the molecule is CCc1ccc(NS(=O)(=O)c2ccc(C)cc2)c(C2(C(F)(F)F)OC(c3ccccc3)=NN2c2ccccc2)c1. The average Bonchev–Trinajstić information content (AvgIpc) is 3.37. The third-order valence-electron chi connectivity index (χ3n) is 6.57. The summed E-state index contributed by atoms with van der Waals surface area (Å²) in [5, 5.41) is 5.09. The van der Waals surface area contributed by atoms with Crippen LogP contribution in [0.2, 0.25) is 0 Å². The normalized spacial score (nSPS) is 17.3.